The monoisotopic (exact) mass is 312 g/mol. The van der Waals surface area contributed by atoms with Crippen molar-refractivity contribution in [1.82, 2.24) is 0 Å². The second-order valence-electron chi connectivity index (χ2n) is 6.16. The van der Waals surface area contributed by atoms with Crippen LogP contribution < -0.4 is 11.5 Å². The third kappa shape index (κ3) is 3.87. The minimum atomic E-state index is -0.783. The maximum Gasteiger partial charge on any atom is 0.255 e. The van der Waals surface area contributed by atoms with Gasteiger partial charge in [-0.1, -0.05) is 38.9 Å². The number of amides is 2. The Morgan fingerprint density at radius 3 is 2.05 bits per heavy atom. The zero-order chi connectivity index (χ0) is 16.2. The van der Waals surface area contributed by atoms with Gasteiger partial charge in [-0.15, -0.1) is 0 Å². The molecule has 1 atom stereocenters. The Hall–Kier alpha value is -1.30. The molecule has 1 rings (SSSR count). The van der Waals surface area contributed by atoms with E-state index in [1.54, 1.807) is 0 Å². The molecular weight excluding hydrogens is 288 g/mol. The van der Waals surface area contributed by atoms with Crippen molar-refractivity contribution in [2.75, 3.05) is 0 Å². The summed E-state index contributed by atoms with van der Waals surface area (Å²) in [6.45, 7) is 3.62. The van der Waals surface area contributed by atoms with E-state index in [0.717, 1.165) is 12.8 Å². The molecule has 1 fully saturated rings. The molecule has 4 N–H and O–H groups in total. The number of primary amides is 2. The molecule has 0 radical (unpaired) electrons. The Morgan fingerprint density at radius 2 is 1.67 bits per heavy atom. The molecule has 21 heavy (non-hydrogen) atoms. The highest BCUT2D eigenvalue weighted by atomic mass is 32.1. The van der Waals surface area contributed by atoms with Crippen LogP contribution in [0.5, 0.6) is 0 Å². The van der Waals surface area contributed by atoms with Gasteiger partial charge in [0.15, 0.2) is 0 Å². The van der Waals surface area contributed by atoms with Crippen LogP contribution in [0, 0.1) is 17.3 Å². The van der Waals surface area contributed by atoms with E-state index in [9.17, 15) is 14.4 Å². The van der Waals surface area contributed by atoms with Crippen molar-refractivity contribution in [3.63, 3.8) is 0 Å². The van der Waals surface area contributed by atoms with Gasteiger partial charge in [-0.3, -0.25) is 14.4 Å². The third-order valence-corrected chi connectivity index (χ3v) is 4.91. The molecule has 0 aliphatic heterocycles. The lowest BCUT2D eigenvalue weighted by Gasteiger charge is -2.34. The first kappa shape index (κ1) is 17.8. The number of hydrogen-bond donors (Lipinski definition) is 2. The van der Waals surface area contributed by atoms with Gasteiger partial charge in [0.1, 0.15) is 5.78 Å². The van der Waals surface area contributed by atoms with Crippen molar-refractivity contribution < 1.29 is 14.4 Å². The zero-order valence-corrected chi connectivity index (χ0v) is 13.5. The number of nitrogens with two attached hydrogens (primary N) is 2. The molecular formula is C15H24N2O3S. The normalized spacial score (nSPS) is 18.4. The van der Waals surface area contributed by atoms with Crippen LogP contribution in [0.4, 0.5) is 0 Å². The van der Waals surface area contributed by atoms with Crippen LogP contribution in [-0.2, 0) is 14.4 Å². The summed E-state index contributed by atoms with van der Waals surface area (Å²) in [5.41, 5.74) is 9.99. The minimum absolute atomic E-state index is 0.0166. The largest absolute Gasteiger partial charge is 0.369 e. The van der Waals surface area contributed by atoms with Crippen LogP contribution in [0.3, 0.4) is 0 Å². The smallest absolute Gasteiger partial charge is 0.255 e. The molecule has 1 aliphatic rings. The average molecular weight is 312 g/mol. The van der Waals surface area contributed by atoms with Crippen LogP contribution >= 0.6 is 12.2 Å². The molecule has 6 heteroatoms. The van der Waals surface area contributed by atoms with Crippen LogP contribution in [0.25, 0.3) is 0 Å². The SMILES string of the molecule is CC(C)C(=O)C(CCC(=S)C(N)=O)C1(C(N)=O)CCCC1. The van der Waals surface area contributed by atoms with Gasteiger partial charge in [-0.2, -0.15) is 0 Å². The van der Waals surface area contributed by atoms with Crippen molar-refractivity contribution in [2.24, 2.45) is 28.7 Å². The van der Waals surface area contributed by atoms with E-state index < -0.39 is 23.1 Å². The fraction of sp³-hybridized carbons (Fsp3) is 0.733. The van der Waals surface area contributed by atoms with Crippen LogP contribution in [0.2, 0.25) is 0 Å². The molecule has 2 amide bonds. The highest BCUT2D eigenvalue weighted by Gasteiger charge is 2.49. The van der Waals surface area contributed by atoms with Gasteiger partial charge in [-0.05, 0) is 25.7 Å². The fourth-order valence-electron chi connectivity index (χ4n) is 3.26. The van der Waals surface area contributed by atoms with Crippen molar-refractivity contribution in [1.29, 1.82) is 0 Å². The van der Waals surface area contributed by atoms with E-state index in [2.05, 4.69) is 0 Å². The minimum Gasteiger partial charge on any atom is -0.369 e. The number of carbonyl (C=O) groups excluding carboxylic acids is 3. The quantitative estimate of drug-likeness (QED) is 0.663. The second kappa shape index (κ2) is 7.11. The number of ketones is 1. The summed E-state index contributed by atoms with van der Waals surface area (Å²) in [6, 6.07) is 0. The molecule has 0 saturated heterocycles. The van der Waals surface area contributed by atoms with Gasteiger partial charge in [0.05, 0.1) is 10.3 Å². The molecule has 0 heterocycles. The van der Waals surface area contributed by atoms with Gasteiger partial charge < -0.3 is 11.5 Å². The standard InChI is InChI=1S/C15H24N2O3S/c1-9(2)12(18)10(5-6-11(21)13(16)19)15(14(17)20)7-3-4-8-15/h9-10H,3-8H2,1-2H3,(H2,16,19)(H2,17,20). The Labute approximate surface area is 130 Å². The number of rotatable bonds is 8. The Balaban J connectivity index is 3.01. The van der Waals surface area contributed by atoms with Crippen LogP contribution in [0.15, 0.2) is 0 Å². The summed E-state index contributed by atoms with van der Waals surface area (Å²) < 4.78 is 0. The van der Waals surface area contributed by atoms with Crippen LogP contribution in [0.1, 0.15) is 52.4 Å². The first-order valence-electron chi connectivity index (χ1n) is 7.38. The fourth-order valence-corrected chi connectivity index (χ4v) is 3.38. The zero-order valence-electron chi connectivity index (χ0n) is 12.7. The summed E-state index contributed by atoms with van der Waals surface area (Å²) in [7, 11) is 0. The summed E-state index contributed by atoms with van der Waals surface area (Å²) >= 11 is 4.92. The maximum absolute atomic E-state index is 12.6. The molecule has 1 unspecified atom stereocenters. The van der Waals surface area contributed by atoms with Gasteiger partial charge in [-0.25, -0.2) is 0 Å². The molecule has 1 saturated carbocycles. The first-order chi connectivity index (χ1) is 9.72. The van der Waals surface area contributed by atoms with E-state index in [1.807, 2.05) is 13.8 Å². The van der Waals surface area contributed by atoms with Crippen LogP contribution in [-0.4, -0.2) is 22.5 Å². The highest BCUT2D eigenvalue weighted by Crippen LogP contribution is 2.47. The molecule has 0 aromatic rings. The number of hydrogen-bond acceptors (Lipinski definition) is 4. The third-order valence-electron chi connectivity index (χ3n) is 4.50. The second-order valence-corrected chi connectivity index (χ2v) is 6.66. The molecule has 0 aromatic carbocycles. The van der Waals surface area contributed by atoms with E-state index >= 15 is 0 Å². The number of carbonyl (C=O) groups is 3. The number of thiocarbonyl (C=S) groups is 1. The van der Waals surface area contributed by atoms with Gasteiger partial charge >= 0.3 is 0 Å². The van der Waals surface area contributed by atoms with E-state index in [4.69, 9.17) is 23.7 Å². The molecule has 0 spiro atoms. The Morgan fingerprint density at radius 1 is 1.14 bits per heavy atom. The topological polar surface area (TPSA) is 103 Å². The lowest BCUT2D eigenvalue weighted by Crippen LogP contribution is -2.46. The van der Waals surface area contributed by atoms with Gasteiger partial charge in [0, 0.05) is 11.8 Å². The first-order valence-corrected chi connectivity index (χ1v) is 7.79. The van der Waals surface area contributed by atoms with Gasteiger partial charge in [0.25, 0.3) is 5.91 Å². The maximum atomic E-state index is 12.6. The summed E-state index contributed by atoms with van der Waals surface area (Å²) in [5.74, 6) is -1.70. The predicted octanol–water partition coefficient (Wildman–Crippen LogP) is 1.51. The van der Waals surface area contributed by atoms with E-state index in [-0.39, 0.29) is 23.0 Å². The average Bonchev–Trinajstić information content (AvgIpc) is 2.88. The molecule has 0 aromatic heterocycles. The van der Waals surface area contributed by atoms with Crippen molar-refractivity contribution in [3.8, 4) is 0 Å². The lowest BCUT2D eigenvalue weighted by atomic mass is 9.67. The van der Waals surface area contributed by atoms with Crippen molar-refractivity contribution in [2.45, 2.75) is 52.4 Å². The predicted molar refractivity (Wildman–Crippen MR) is 84.5 cm³/mol. The Bertz CT molecular complexity index is 454. The van der Waals surface area contributed by atoms with Crippen molar-refractivity contribution >= 4 is 34.7 Å². The molecule has 5 nitrogen and oxygen atoms in total. The highest BCUT2D eigenvalue weighted by molar-refractivity contribution is 7.82. The lowest BCUT2D eigenvalue weighted by molar-refractivity contribution is -0.141. The summed E-state index contributed by atoms with van der Waals surface area (Å²) in [4.78, 5) is 35.7. The van der Waals surface area contributed by atoms with Crippen molar-refractivity contribution in [3.05, 3.63) is 0 Å². The molecule has 1 aliphatic carbocycles. The summed E-state index contributed by atoms with van der Waals surface area (Å²) in [5, 5.41) is 0. The summed E-state index contributed by atoms with van der Waals surface area (Å²) in [6.07, 6.45) is 3.67. The Kier molecular flexibility index (Phi) is 6.01. The van der Waals surface area contributed by atoms with E-state index in [0.29, 0.717) is 19.3 Å². The molecule has 0 bridgehead atoms. The number of Topliss-reactive ketones (excluding diaryl/α,β-unsaturated/α-hetero) is 1. The van der Waals surface area contributed by atoms with Gasteiger partial charge in [0.2, 0.25) is 5.91 Å². The van der Waals surface area contributed by atoms with E-state index in [1.165, 1.54) is 0 Å². The molecule has 118 valence electrons.